The highest BCUT2D eigenvalue weighted by Gasteiger charge is 2.38. The molecule has 9 N–H and O–H groups in total. The lowest BCUT2D eigenvalue weighted by Gasteiger charge is -2.28. The van der Waals surface area contributed by atoms with Crippen LogP contribution in [-0.4, -0.2) is 85.9 Å². The Kier molecular flexibility index (Phi) is 10.1. The number of rotatable bonds is 14. The number of carbonyl (C=O) groups excluding carboxylic acids is 3. The second kappa shape index (κ2) is 13.9. The number of fused-ring (bicyclic) bond motifs is 1. The zero-order chi connectivity index (χ0) is 29.4. The van der Waals surface area contributed by atoms with Crippen LogP contribution in [0.5, 0.6) is 0 Å². The number of nitrogens with two attached hydrogens (primary N) is 2. The number of nitrogens with zero attached hydrogens (tertiary/aromatic N) is 2. The quantitative estimate of drug-likeness (QED) is 0.133. The molecule has 13 nitrogen and oxygen atoms in total. The number of aromatic amines is 2. The third-order valence-corrected chi connectivity index (χ3v) is 7.44. The summed E-state index contributed by atoms with van der Waals surface area (Å²) in [4.78, 5) is 63.4. The predicted octanol–water partition coefficient (Wildman–Crippen LogP) is 0.178. The van der Waals surface area contributed by atoms with Gasteiger partial charge in [-0.05, 0) is 50.3 Å². The van der Waals surface area contributed by atoms with E-state index in [1.54, 1.807) is 12.4 Å². The molecule has 1 aliphatic heterocycles. The van der Waals surface area contributed by atoms with Crippen LogP contribution in [0.3, 0.4) is 0 Å². The van der Waals surface area contributed by atoms with Crippen LogP contribution in [-0.2, 0) is 32.0 Å². The molecule has 220 valence electrons. The first kappa shape index (κ1) is 29.7. The maximum Gasteiger partial charge on any atom is 0.326 e. The van der Waals surface area contributed by atoms with Gasteiger partial charge in [0, 0.05) is 48.4 Å². The molecule has 1 aliphatic rings. The summed E-state index contributed by atoms with van der Waals surface area (Å²) in [7, 11) is 0. The summed E-state index contributed by atoms with van der Waals surface area (Å²) in [5.74, 6) is -2.61. The Morgan fingerprint density at radius 2 is 1.90 bits per heavy atom. The molecule has 2 aromatic heterocycles. The number of aromatic nitrogens is 3. The molecule has 0 bridgehead atoms. The second-order valence-electron chi connectivity index (χ2n) is 10.4. The number of H-pyrrole nitrogens is 2. The molecule has 13 heteroatoms. The van der Waals surface area contributed by atoms with E-state index in [1.165, 1.54) is 11.2 Å². The predicted molar refractivity (Wildman–Crippen MR) is 151 cm³/mol. The second-order valence-corrected chi connectivity index (χ2v) is 10.4. The average molecular weight is 567 g/mol. The molecular weight excluding hydrogens is 528 g/mol. The van der Waals surface area contributed by atoms with Gasteiger partial charge in [-0.15, -0.1) is 0 Å². The van der Waals surface area contributed by atoms with Gasteiger partial charge in [0.05, 0.1) is 12.4 Å². The van der Waals surface area contributed by atoms with Crippen molar-refractivity contribution in [3.05, 3.63) is 54.2 Å². The molecule has 0 aliphatic carbocycles. The van der Waals surface area contributed by atoms with Crippen molar-refractivity contribution in [2.75, 3.05) is 13.1 Å². The number of likely N-dealkylation sites (tertiary alicyclic amines) is 1. The zero-order valence-electron chi connectivity index (χ0n) is 22.8. The molecule has 4 unspecified atom stereocenters. The largest absolute Gasteiger partial charge is 0.480 e. The Labute approximate surface area is 237 Å². The normalized spacial score (nSPS) is 17.2. The van der Waals surface area contributed by atoms with Crippen LogP contribution in [0.25, 0.3) is 10.9 Å². The van der Waals surface area contributed by atoms with E-state index in [1.807, 2.05) is 24.3 Å². The Morgan fingerprint density at radius 3 is 2.63 bits per heavy atom. The topological polar surface area (TPSA) is 212 Å². The van der Waals surface area contributed by atoms with Gasteiger partial charge in [-0.3, -0.25) is 14.4 Å². The van der Waals surface area contributed by atoms with E-state index in [0.717, 1.165) is 16.5 Å². The lowest BCUT2D eigenvalue weighted by Crippen LogP contribution is -2.57. The first-order chi connectivity index (χ1) is 19.8. The molecule has 3 amide bonds. The first-order valence-corrected chi connectivity index (χ1v) is 13.9. The average Bonchev–Trinajstić information content (AvgIpc) is 3.73. The molecule has 1 fully saturated rings. The third kappa shape index (κ3) is 7.50. The van der Waals surface area contributed by atoms with Gasteiger partial charge in [0.25, 0.3) is 0 Å². The number of imidazole rings is 1. The van der Waals surface area contributed by atoms with Crippen molar-refractivity contribution in [1.29, 1.82) is 0 Å². The van der Waals surface area contributed by atoms with E-state index in [0.29, 0.717) is 44.5 Å². The van der Waals surface area contributed by atoms with Crippen LogP contribution >= 0.6 is 0 Å². The lowest BCUT2D eigenvalue weighted by atomic mass is 10.0. The standard InChI is InChI=1S/C28H38N8O5/c29-10-4-3-8-22(25(37)35-23(28(40)41)12-17-14-32-21-7-2-1-6-19(17)21)34-26(38)24-9-5-11-36(24)27(39)20(30)13-18-15-31-16-33-18/h1-2,6-7,14-16,20,22-24,32H,3-5,8-13,29-30H2,(H,31,33)(H,34,38)(H,35,37)(H,40,41). The van der Waals surface area contributed by atoms with Crippen molar-refractivity contribution in [2.45, 2.75) is 69.1 Å². The Hall–Kier alpha value is -4.23. The van der Waals surface area contributed by atoms with E-state index in [-0.39, 0.29) is 25.2 Å². The van der Waals surface area contributed by atoms with Crippen molar-refractivity contribution < 1.29 is 24.3 Å². The molecule has 3 heterocycles. The van der Waals surface area contributed by atoms with E-state index >= 15 is 0 Å². The SMILES string of the molecule is NCCCCC(NC(=O)C1CCCN1C(=O)C(N)Cc1cnc[nH]1)C(=O)NC(Cc1c[nH]c2ccccc12)C(=O)O. The van der Waals surface area contributed by atoms with E-state index in [4.69, 9.17) is 11.5 Å². The number of hydrogen-bond donors (Lipinski definition) is 7. The summed E-state index contributed by atoms with van der Waals surface area (Å²) in [6, 6.07) is 3.67. The number of unbranched alkanes of at least 4 members (excludes halogenated alkanes) is 1. The number of amides is 3. The minimum atomic E-state index is -1.21. The van der Waals surface area contributed by atoms with Crippen molar-refractivity contribution in [3.8, 4) is 0 Å². The van der Waals surface area contributed by atoms with Gasteiger partial charge in [0.15, 0.2) is 0 Å². The van der Waals surface area contributed by atoms with Gasteiger partial charge in [0.2, 0.25) is 17.7 Å². The number of hydrogen-bond acceptors (Lipinski definition) is 7. The molecule has 0 spiro atoms. The van der Waals surface area contributed by atoms with E-state index in [9.17, 15) is 24.3 Å². The fourth-order valence-corrected chi connectivity index (χ4v) is 5.26. The highest BCUT2D eigenvalue weighted by molar-refractivity contribution is 5.94. The number of carboxylic acids is 1. The summed E-state index contributed by atoms with van der Waals surface area (Å²) in [5, 5.41) is 16.2. The van der Waals surface area contributed by atoms with Crippen LogP contribution in [0.4, 0.5) is 0 Å². The minimum absolute atomic E-state index is 0.0632. The van der Waals surface area contributed by atoms with Gasteiger partial charge < -0.3 is 42.1 Å². The highest BCUT2D eigenvalue weighted by Crippen LogP contribution is 2.21. The van der Waals surface area contributed by atoms with Crippen molar-refractivity contribution in [3.63, 3.8) is 0 Å². The summed E-state index contributed by atoms with van der Waals surface area (Å²) in [6.07, 6.45) is 7.66. The maximum absolute atomic E-state index is 13.4. The van der Waals surface area contributed by atoms with Crippen molar-refractivity contribution >= 4 is 34.6 Å². The van der Waals surface area contributed by atoms with Crippen LogP contribution < -0.4 is 22.1 Å². The van der Waals surface area contributed by atoms with Gasteiger partial charge in [-0.25, -0.2) is 9.78 Å². The molecule has 1 aromatic carbocycles. The molecule has 0 radical (unpaired) electrons. The number of para-hydroxylation sites is 1. The van der Waals surface area contributed by atoms with Crippen LogP contribution in [0.1, 0.15) is 43.4 Å². The van der Waals surface area contributed by atoms with Crippen molar-refractivity contribution in [1.82, 2.24) is 30.5 Å². The molecule has 41 heavy (non-hydrogen) atoms. The molecule has 1 saturated heterocycles. The third-order valence-electron chi connectivity index (χ3n) is 7.44. The fourth-order valence-electron chi connectivity index (χ4n) is 5.26. The van der Waals surface area contributed by atoms with Gasteiger partial charge in [0.1, 0.15) is 18.1 Å². The molecule has 0 saturated carbocycles. The van der Waals surface area contributed by atoms with Crippen LogP contribution in [0.2, 0.25) is 0 Å². The first-order valence-electron chi connectivity index (χ1n) is 13.9. The maximum atomic E-state index is 13.4. The number of carboxylic acid groups (broad SMARTS) is 1. The van der Waals surface area contributed by atoms with Gasteiger partial charge in [-0.1, -0.05) is 18.2 Å². The lowest BCUT2D eigenvalue weighted by molar-refractivity contribution is -0.143. The molecule has 4 atom stereocenters. The Balaban J connectivity index is 1.43. The minimum Gasteiger partial charge on any atom is -0.480 e. The van der Waals surface area contributed by atoms with Crippen LogP contribution in [0.15, 0.2) is 43.0 Å². The number of aliphatic carboxylic acids is 1. The number of nitrogens with one attached hydrogen (secondary N) is 4. The van der Waals surface area contributed by atoms with E-state index in [2.05, 4.69) is 25.6 Å². The Bertz CT molecular complexity index is 1340. The zero-order valence-corrected chi connectivity index (χ0v) is 22.8. The molecular formula is C28H38N8O5. The summed E-state index contributed by atoms with van der Waals surface area (Å²) < 4.78 is 0. The smallest absolute Gasteiger partial charge is 0.326 e. The van der Waals surface area contributed by atoms with Gasteiger partial charge >= 0.3 is 5.97 Å². The Morgan fingerprint density at radius 1 is 1.10 bits per heavy atom. The summed E-state index contributed by atoms with van der Waals surface area (Å²) in [6.45, 7) is 0.795. The van der Waals surface area contributed by atoms with E-state index < -0.39 is 42.0 Å². The number of carbonyl (C=O) groups is 4. The van der Waals surface area contributed by atoms with Gasteiger partial charge in [-0.2, -0.15) is 0 Å². The number of benzene rings is 1. The molecule has 4 rings (SSSR count). The fraction of sp³-hybridized carbons (Fsp3) is 0.464. The van der Waals surface area contributed by atoms with Crippen molar-refractivity contribution in [2.24, 2.45) is 11.5 Å². The monoisotopic (exact) mass is 566 g/mol. The summed E-state index contributed by atoms with van der Waals surface area (Å²) in [5.41, 5.74) is 14.1. The summed E-state index contributed by atoms with van der Waals surface area (Å²) >= 11 is 0. The highest BCUT2D eigenvalue weighted by atomic mass is 16.4. The van der Waals surface area contributed by atoms with Crippen LogP contribution in [0, 0.1) is 0 Å². The molecule has 3 aromatic rings.